The van der Waals surface area contributed by atoms with E-state index in [4.69, 9.17) is 0 Å². The first-order valence-corrected chi connectivity index (χ1v) is 10.5. The number of rotatable bonds is 5. The van der Waals surface area contributed by atoms with Crippen molar-refractivity contribution < 1.29 is 4.39 Å². The van der Waals surface area contributed by atoms with Crippen molar-refractivity contribution in [2.24, 2.45) is 5.92 Å². The number of hydrogen-bond acceptors (Lipinski definition) is 5. The van der Waals surface area contributed by atoms with E-state index in [0.717, 1.165) is 49.4 Å². The number of hydrogen-bond donors (Lipinski definition) is 0. The lowest BCUT2D eigenvalue weighted by atomic mass is 9.96. The summed E-state index contributed by atoms with van der Waals surface area (Å²) in [5.74, 6) is 0.175. The number of pyridine rings is 2. The van der Waals surface area contributed by atoms with Gasteiger partial charge in [0.2, 0.25) is 0 Å². The van der Waals surface area contributed by atoms with Gasteiger partial charge in [-0.1, -0.05) is 0 Å². The Hall–Kier alpha value is -3.39. The molecule has 5 heterocycles. The Morgan fingerprint density at radius 1 is 1.06 bits per heavy atom. The second kappa shape index (κ2) is 8.39. The van der Waals surface area contributed by atoms with Crippen LogP contribution >= 0.6 is 0 Å². The molecule has 1 aliphatic rings. The average molecular weight is 418 g/mol. The zero-order valence-corrected chi connectivity index (χ0v) is 17.1. The first-order valence-electron chi connectivity index (χ1n) is 10.5. The molecule has 0 aliphatic carbocycles. The molecule has 0 aromatic carbocycles. The molecule has 1 aliphatic heterocycles. The van der Waals surface area contributed by atoms with E-state index >= 15 is 0 Å². The quantitative estimate of drug-likeness (QED) is 0.498. The van der Waals surface area contributed by atoms with Crippen molar-refractivity contribution in [1.29, 1.82) is 0 Å². The van der Waals surface area contributed by atoms with E-state index < -0.39 is 0 Å². The van der Waals surface area contributed by atoms with Crippen molar-refractivity contribution in [1.82, 2.24) is 28.8 Å². The van der Waals surface area contributed by atoms with Crippen molar-refractivity contribution >= 4 is 5.65 Å². The predicted molar refractivity (Wildman–Crippen MR) is 115 cm³/mol. The largest absolute Gasteiger partial charge is 0.304 e. The molecule has 31 heavy (non-hydrogen) atoms. The van der Waals surface area contributed by atoms with Gasteiger partial charge in [-0.05, 0) is 56.1 Å². The molecule has 7 nitrogen and oxygen atoms in total. The molecule has 1 fully saturated rings. The molecule has 0 amide bonds. The van der Waals surface area contributed by atoms with Crippen molar-refractivity contribution in [3.63, 3.8) is 0 Å². The van der Waals surface area contributed by atoms with Crippen LogP contribution in [0.5, 0.6) is 0 Å². The molecule has 4 aromatic rings. The minimum atomic E-state index is -0.268. The number of fused-ring (bicyclic) bond motifs is 1. The zero-order chi connectivity index (χ0) is 21.2. The molecular formula is C23H23FN6O. The van der Waals surface area contributed by atoms with Gasteiger partial charge in [-0.15, -0.1) is 0 Å². The Kier molecular flexibility index (Phi) is 5.30. The third kappa shape index (κ3) is 4.39. The molecule has 1 saturated heterocycles. The van der Waals surface area contributed by atoms with Crippen LogP contribution in [0.4, 0.5) is 4.39 Å². The predicted octanol–water partition coefficient (Wildman–Crippen LogP) is 3.00. The van der Waals surface area contributed by atoms with Crippen molar-refractivity contribution in [3.8, 4) is 11.3 Å². The monoisotopic (exact) mass is 418 g/mol. The van der Waals surface area contributed by atoms with Gasteiger partial charge in [0.1, 0.15) is 11.5 Å². The molecule has 0 N–H and O–H groups in total. The molecule has 4 aromatic heterocycles. The van der Waals surface area contributed by atoms with Crippen LogP contribution in [0.15, 0.2) is 66.2 Å². The van der Waals surface area contributed by atoms with E-state index in [9.17, 15) is 9.18 Å². The van der Waals surface area contributed by atoms with Crippen molar-refractivity contribution in [3.05, 3.63) is 83.3 Å². The summed E-state index contributed by atoms with van der Waals surface area (Å²) < 4.78 is 16.8. The van der Waals surface area contributed by atoms with Crippen LogP contribution in [0.1, 0.15) is 18.5 Å². The third-order valence-corrected chi connectivity index (χ3v) is 5.87. The van der Waals surface area contributed by atoms with E-state index in [-0.39, 0.29) is 11.4 Å². The standard InChI is InChI=1S/C23H23FN6O/c24-19-1-2-22-27-20(15-29(22)13-19)14-28-9-5-17(6-10-28)12-30-16-26-21(11-23(30)31)18-3-7-25-8-4-18/h1-4,7-8,11,13,15-17H,5-6,9-10,12,14H2. The average Bonchev–Trinajstić information content (AvgIpc) is 3.18. The Balaban J connectivity index is 1.18. The van der Waals surface area contributed by atoms with E-state index in [0.29, 0.717) is 18.2 Å². The number of piperidine rings is 1. The van der Waals surface area contributed by atoms with Crippen LogP contribution in [-0.2, 0) is 13.1 Å². The first kappa shape index (κ1) is 19.6. The SMILES string of the molecule is O=c1cc(-c2ccncc2)ncn1CC1CCN(Cc2cn3cc(F)ccc3n2)CC1. The highest BCUT2D eigenvalue weighted by Gasteiger charge is 2.21. The summed E-state index contributed by atoms with van der Waals surface area (Å²) in [6, 6.07) is 8.41. The van der Waals surface area contributed by atoms with Gasteiger partial charge in [0, 0.05) is 49.5 Å². The summed E-state index contributed by atoms with van der Waals surface area (Å²) in [5.41, 5.74) is 3.23. The fourth-order valence-corrected chi connectivity index (χ4v) is 4.17. The maximum absolute atomic E-state index is 13.4. The molecule has 0 bridgehead atoms. The van der Waals surface area contributed by atoms with E-state index in [1.165, 1.54) is 12.3 Å². The van der Waals surface area contributed by atoms with Gasteiger partial charge in [-0.25, -0.2) is 14.4 Å². The number of imidazole rings is 1. The second-order valence-corrected chi connectivity index (χ2v) is 8.07. The summed E-state index contributed by atoms with van der Waals surface area (Å²) in [7, 11) is 0. The fourth-order valence-electron chi connectivity index (χ4n) is 4.17. The van der Waals surface area contributed by atoms with Gasteiger partial charge in [0.15, 0.2) is 0 Å². The van der Waals surface area contributed by atoms with Gasteiger partial charge in [-0.2, -0.15) is 0 Å². The molecule has 0 atom stereocenters. The molecule has 0 spiro atoms. The lowest BCUT2D eigenvalue weighted by Crippen LogP contribution is -2.36. The lowest BCUT2D eigenvalue weighted by molar-refractivity contribution is 0.165. The highest BCUT2D eigenvalue weighted by Crippen LogP contribution is 2.21. The Labute approximate surface area is 178 Å². The van der Waals surface area contributed by atoms with Crippen LogP contribution in [0.25, 0.3) is 16.9 Å². The summed E-state index contributed by atoms with van der Waals surface area (Å²) in [6.07, 6.45) is 10.4. The zero-order valence-electron chi connectivity index (χ0n) is 17.1. The molecule has 0 unspecified atom stereocenters. The highest BCUT2D eigenvalue weighted by molar-refractivity contribution is 5.57. The molecular weight excluding hydrogens is 395 g/mol. The topological polar surface area (TPSA) is 68.3 Å². The number of aromatic nitrogens is 5. The van der Waals surface area contributed by atoms with Crippen LogP contribution in [-0.4, -0.2) is 41.9 Å². The first-order chi connectivity index (χ1) is 15.1. The Morgan fingerprint density at radius 3 is 2.65 bits per heavy atom. The Morgan fingerprint density at radius 2 is 1.87 bits per heavy atom. The van der Waals surface area contributed by atoms with Crippen LogP contribution in [0.3, 0.4) is 0 Å². The summed E-state index contributed by atoms with van der Waals surface area (Å²) in [4.78, 5) is 28.0. The summed E-state index contributed by atoms with van der Waals surface area (Å²) in [6.45, 7) is 3.33. The van der Waals surface area contributed by atoms with Gasteiger partial charge in [0.25, 0.3) is 5.56 Å². The summed E-state index contributed by atoms with van der Waals surface area (Å²) in [5, 5.41) is 0. The fraction of sp³-hybridized carbons (Fsp3) is 0.304. The van der Waals surface area contributed by atoms with Crippen LogP contribution < -0.4 is 5.56 Å². The minimum Gasteiger partial charge on any atom is -0.304 e. The van der Waals surface area contributed by atoms with Crippen LogP contribution in [0, 0.1) is 11.7 Å². The van der Waals surface area contributed by atoms with E-state index in [1.807, 2.05) is 18.3 Å². The number of likely N-dealkylation sites (tertiary alicyclic amines) is 1. The lowest BCUT2D eigenvalue weighted by Gasteiger charge is -2.31. The maximum atomic E-state index is 13.4. The normalized spacial score (nSPS) is 15.5. The third-order valence-electron chi connectivity index (χ3n) is 5.87. The Bertz CT molecular complexity index is 1240. The van der Waals surface area contributed by atoms with Crippen molar-refractivity contribution in [2.75, 3.05) is 13.1 Å². The molecule has 0 radical (unpaired) electrons. The number of halogens is 1. The van der Waals surface area contributed by atoms with Gasteiger partial charge in [-0.3, -0.25) is 19.2 Å². The highest BCUT2D eigenvalue weighted by atomic mass is 19.1. The molecule has 158 valence electrons. The second-order valence-electron chi connectivity index (χ2n) is 8.07. The van der Waals surface area contributed by atoms with E-state index in [2.05, 4.69) is 19.9 Å². The summed E-state index contributed by atoms with van der Waals surface area (Å²) >= 11 is 0. The van der Waals surface area contributed by atoms with Gasteiger partial charge < -0.3 is 4.40 Å². The maximum Gasteiger partial charge on any atom is 0.253 e. The van der Waals surface area contributed by atoms with E-state index in [1.54, 1.807) is 39.8 Å². The molecule has 5 rings (SSSR count). The molecule has 8 heteroatoms. The number of nitrogens with zero attached hydrogens (tertiary/aromatic N) is 6. The smallest absolute Gasteiger partial charge is 0.253 e. The van der Waals surface area contributed by atoms with Gasteiger partial charge >= 0.3 is 0 Å². The van der Waals surface area contributed by atoms with Gasteiger partial charge in [0.05, 0.1) is 17.7 Å². The van der Waals surface area contributed by atoms with Crippen molar-refractivity contribution in [2.45, 2.75) is 25.9 Å². The minimum absolute atomic E-state index is 0.0267. The molecule has 0 saturated carbocycles. The van der Waals surface area contributed by atoms with Crippen LogP contribution in [0.2, 0.25) is 0 Å².